The molecule has 0 saturated heterocycles. The van der Waals surface area contributed by atoms with Crippen molar-refractivity contribution in [3.8, 4) is 0 Å². The van der Waals surface area contributed by atoms with Crippen LogP contribution in [0.1, 0.15) is 40.5 Å². The molecule has 0 radical (unpaired) electrons. The van der Waals surface area contributed by atoms with Crippen molar-refractivity contribution in [1.29, 1.82) is 0 Å². The number of hydrogen-bond acceptors (Lipinski definition) is 4. The summed E-state index contributed by atoms with van der Waals surface area (Å²) in [5.74, 6) is -1.04. The number of rotatable bonds is 6. The molecule has 0 aromatic rings. The summed E-state index contributed by atoms with van der Waals surface area (Å²) in [7, 11) is 0. The highest BCUT2D eigenvalue weighted by molar-refractivity contribution is 5.91. The Bertz CT molecular complexity index is 232. The number of carbonyl (C=O) groups is 2. The van der Waals surface area contributed by atoms with Crippen LogP contribution in [0.3, 0.4) is 0 Å². The first-order valence-electron chi connectivity index (χ1n) is 5.58. The maximum atomic E-state index is 11.2. The van der Waals surface area contributed by atoms with Crippen LogP contribution in [0.5, 0.6) is 0 Å². The molecule has 0 aliphatic carbocycles. The average molecular weight is 228 g/mol. The van der Waals surface area contributed by atoms with Crippen LogP contribution in [-0.2, 0) is 19.1 Å². The van der Waals surface area contributed by atoms with Crippen molar-refractivity contribution >= 4 is 11.9 Å². The van der Waals surface area contributed by atoms with Gasteiger partial charge in [-0.05, 0) is 26.7 Å². The van der Waals surface area contributed by atoms with Crippen LogP contribution in [0.15, 0.2) is 12.2 Å². The molecule has 0 aromatic heterocycles. The maximum absolute atomic E-state index is 11.2. The summed E-state index contributed by atoms with van der Waals surface area (Å²) >= 11 is 0. The standard InChI is InChI=1S/C12H20O4/c1-5-9(3)15-11(13)7-8-12(14)16-10(4)6-2/h7-10H,5-6H2,1-4H3/b8-7+. The molecule has 2 unspecified atom stereocenters. The molecule has 0 fully saturated rings. The van der Waals surface area contributed by atoms with Crippen molar-refractivity contribution in [3.05, 3.63) is 12.2 Å². The number of esters is 2. The maximum Gasteiger partial charge on any atom is 0.331 e. The van der Waals surface area contributed by atoms with Gasteiger partial charge in [-0.25, -0.2) is 9.59 Å². The van der Waals surface area contributed by atoms with Crippen molar-refractivity contribution in [2.75, 3.05) is 0 Å². The van der Waals surface area contributed by atoms with Crippen LogP contribution in [0.4, 0.5) is 0 Å². The number of carbonyl (C=O) groups excluding carboxylic acids is 2. The normalized spacial score (nSPS) is 14.5. The highest BCUT2D eigenvalue weighted by atomic mass is 16.5. The fraction of sp³-hybridized carbons (Fsp3) is 0.667. The molecule has 0 heterocycles. The molecule has 0 amide bonds. The van der Waals surface area contributed by atoms with E-state index in [0.29, 0.717) is 0 Å². The zero-order chi connectivity index (χ0) is 12.6. The summed E-state index contributed by atoms with van der Waals surface area (Å²) in [5.41, 5.74) is 0. The first-order valence-corrected chi connectivity index (χ1v) is 5.58. The van der Waals surface area contributed by atoms with Gasteiger partial charge in [0.15, 0.2) is 0 Å². The summed E-state index contributed by atoms with van der Waals surface area (Å²) in [5, 5.41) is 0. The molecule has 0 spiro atoms. The lowest BCUT2D eigenvalue weighted by Crippen LogP contribution is -2.14. The summed E-state index contributed by atoms with van der Waals surface area (Å²) in [4.78, 5) is 22.3. The first kappa shape index (κ1) is 14.7. The monoisotopic (exact) mass is 228 g/mol. The van der Waals surface area contributed by atoms with Gasteiger partial charge in [0.25, 0.3) is 0 Å². The van der Waals surface area contributed by atoms with Crippen molar-refractivity contribution in [2.24, 2.45) is 0 Å². The summed E-state index contributed by atoms with van der Waals surface area (Å²) < 4.78 is 9.90. The zero-order valence-electron chi connectivity index (χ0n) is 10.4. The minimum absolute atomic E-state index is 0.136. The molecular weight excluding hydrogens is 208 g/mol. The molecule has 0 N–H and O–H groups in total. The van der Waals surface area contributed by atoms with E-state index < -0.39 is 11.9 Å². The topological polar surface area (TPSA) is 52.6 Å². The molecule has 0 rings (SSSR count). The van der Waals surface area contributed by atoms with Crippen LogP contribution >= 0.6 is 0 Å². The predicted octanol–water partition coefficient (Wildman–Crippen LogP) is 2.23. The quantitative estimate of drug-likeness (QED) is 0.516. The van der Waals surface area contributed by atoms with Crippen LogP contribution < -0.4 is 0 Å². The third-order valence-corrected chi connectivity index (χ3v) is 2.14. The van der Waals surface area contributed by atoms with Crippen molar-refractivity contribution in [2.45, 2.75) is 52.7 Å². The lowest BCUT2D eigenvalue weighted by molar-refractivity contribution is -0.145. The van der Waals surface area contributed by atoms with E-state index >= 15 is 0 Å². The lowest BCUT2D eigenvalue weighted by atomic mass is 10.3. The molecule has 16 heavy (non-hydrogen) atoms. The van der Waals surface area contributed by atoms with Gasteiger partial charge in [-0.2, -0.15) is 0 Å². The Morgan fingerprint density at radius 1 is 0.938 bits per heavy atom. The molecule has 0 aromatic carbocycles. The van der Waals surface area contributed by atoms with Gasteiger partial charge >= 0.3 is 11.9 Å². The van der Waals surface area contributed by atoms with E-state index in [2.05, 4.69) is 0 Å². The minimum Gasteiger partial charge on any atom is -0.460 e. The highest BCUT2D eigenvalue weighted by Crippen LogP contribution is 1.99. The molecule has 2 atom stereocenters. The summed E-state index contributed by atoms with van der Waals surface area (Å²) in [6, 6.07) is 0. The van der Waals surface area contributed by atoms with Crippen molar-refractivity contribution < 1.29 is 19.1 Å². The third-order valence-electron chi connectivity index (χ3n) is 2.14. The van der Waals surface area contributed by atoms with Crippen LogP contribution in [0, 0.1) is 0 Å². The molecule has 4 nitrogen and oxygen atoms in total. The fourth-order valence-corrected chi connectivity index (χ4v) is 0.778. The number of hydrogen-bond donors (Lipinski definition) is 0. The van der Waals surface area contributed by atoms with Gasteiger partial charge in [-0.15, -0.1) is 0 Å². The van der Waals surface area contributed by atoms with Gasteiger partial charge in [-0.1, -0.05) is 13.8 Å². The smallest absolute Gasteiger partial charge is 0.331 e. The number of ether oxygens (including phenoxy) is 2. The molecule has 0 saturated carbocycles. The molecular formula is C12H20O4. The second-order valence-corrected chi connectivity index (χ2v) is 3.64. The second-order valence-electron chi connectivity index (χ2n) is 3.64. The average Bonchev–Trinajstić information content (AvgIpc) is 2.26. The van der Waals surface area contributed by atoms with Crippen molar-refractivity contribution in [1.82, 2.24) is 0 Å². The molecule has 0 aliphatic rings. The zero-order valence-corrected chi connectivity index (χ0v) is 10.4. The second kappa shape index (κ2) is 7.91. The van der Waals surface area contributed by atoms with E-state index in [-0.39, 0.29) is 12.2 Å². The highest BCUT2D eigenvalue weighted by Gasteiger charge is 2.07. The fourth-order valence-electron chi connectivity index (χ4n) is 0.778. The van der Waals surface area contributed by atoms with Crippen molar-refractivity contribution in [3.63, 3.8) is 0 Å². The van der Waals surface area contributed by atoms with E-state index in [1.807, 2.05) is 13.8 Å². The lowest BCUT2D eigenvalue weighted by Gasteiger charge is -2.09. The van der Waals surface area contributed by atoms with Gasteiger partial charge in [-0.3, -0.25) is 0 Å². The van der Waals surface area contributed by atoms with E-state index in [1.54, 1.807) is 13.8 Å². The van der Waals surface area contributed by atoms with Crippen LogP contribution in [0.2, 0.25) is 0 Å². The van der Waals surface area contributed by atoms with Gasteiger partial charge in [0.2, 0.25) is 0 Å². The molecule has 4 heteroatoms. The SMILES string of the molecule is CCC(C)OC(=O)/C=C/C(=O)OC(C)CC. The Balaban J connectivity index is 3.98. The van der Waals surface area contributed by atoms with E-state index in [4.69, 9.17) is 9.47 Å². The molecule has 0 aliphatic heterocycles. The van der Waals surface area contributed by atoms with E-state index in [9.17, 15) is 9.59 Å². The van der Waals surface area contributed by atoms with Crippen LogP contribution in [-0.4, -0.2) is 24.1 Å². The molecule has 92 valence electrons. The van der Waals surface area contributed by atoms with Gasteiger partial charge in [0.05, 0.1) is 12.2 Å². The van der Waals surface area contributed by atoms with E-state index in [1.165, 1.54) is 0 Å². The Hall–Kier alpha value is -1.32. The third kappa shape index (κ3) is 7.04. The summed E-state index contributed by atoms with van der Waals surface area (Å²) in [6.45, 7) is 7.42. The van der Waals surface area contributed by atoms with E-state index in [0.717, 1.165) is 25.0 Å². The largest absolute Gasteiger partial charge is 0.460 e. The Morgan fingerprint density at radius 3 is 1.50 bits per heavy atom. The van der Waals surface area contributed by atoms with Gasteiger partial charge < -0.3 is 9.47 Å². The first-order chi connectivity index (χ1) is 7.49. The Labute approximate surface area is 96.6 Å². The molecule has 0 bridgehead atoms. The summed E-state index contributed by atoms with van der Waals surface area (Å²) in [6.07, 6.45) is 3.41. The van der Waals surface area contributed by atoms with Crippen LogP contribution in [0.25, 0.3) is 0 Å². The van der Waals surface area contributed by atoms with Gasteiger partial charge in [0, 0.05) is 12.2 Å². The predicted molar refractivity (Wildman–Crippen MR) is 60.8 cm³/mol. The minimum atomic E-state index is -0.518. The Morgan fingerprint density at radius 2 is 1.25 bits per heavy atom. The Kier molecular flexibility index (Phi) is 7.25. The van der Waals surface area contributed by atoms with Gasteiger partial charge in [0.1, 0.15) is 0 Å².